The molecule has 2 atom stereocenters. The van der Waals surface area contributed by atoms with Gasteiger partial charge in [-0.1, -0.05) is 26.2 Å². The van der Waals surface area contributed by atoms with Crippen molar-refractivity contribution < 1.29 is 19.3 Å². The van der Waals surface area contributed by atoms with Gasteiger partial charge in [-0.05, 0) is 70.1 Å². The molecule has 2 spiro atoms. The van der Waals surface area contributed by atoms with Crippen LogP contribution >= 0.6 is 0 Å². The summed E-state index contributed by atoms with van der Waals surface area (Å²) in [6, 6.07) is 0. The van der Waals surface area contributed by atoms with Crippen LogP contribution in [0.4, 0.5) is 0 Å². The van der Waals surface area contributed by atoms with Gasteiger partial charge < -0.3 is 19.3 Å². The molecule has 0 aromatic carbocycles. The Morgan fingerprint density at radius 3 is 2.44 bits per heavy atom. The minimum atomic E-state index is -0.503. The zero-order chi connectivity index (χ0) is 19.8. The van der Waals surface area contributed by atoms with Gasteiger partial charge in [-0.3, -0.25) is 0 Å². The SMILES string of the molecule is CC(C)(O)CCC[C@@H]1CC[C@]2(CCCC3(C2)OCCO3)C1.CCCCOC. The van der Waals surface area contributed by atoms with E-state index < -0.39 is 5.60 Å². The van der Waals surface area contributed by atoms with Gasteiger partial charge in [0.15, 0.2) is 5.79 Å². The zero-order valence-electron chi connectivity index (χ0n) is 18.4. The molecule has 4 heteroatoms. The second kappa shape index (κ2) is 10.6. The average molecular weight is 385 g/mol. The molecule has 1 saturated heterocycles. The van der Waals surface area contributed by atoms with Gasteiger partial charge in [-0.25, -0.2) is 0 Å². The van der Waals surface area contributed by atoms with Crippen molar-refractivity contribution in [2.24, 2.45) is 11.3 Å². The summed E-state index contributed by atoms with van der Waals surface area (Å²) in [5.74, 6) is 0.629. The lowest BCUT2D eigenvalue weighted by molar-refractivity contribution is -0.201. The van der Waals surface area contributed by atoms with Crippen molar-refractivity contribution in [3.63, 3.8) is 0 Å². The molecular formula is C23H44O4. The van der Waals surface area contributed by atoms with Gasteiger partial charge in [0, 0.05) is 26.6 Å². The summed E-state index contributed by atoms with van der Waals surface area (Å²) in [5.41, 5.74) is -0.0152. The lowest BCUT2D eigenvalue weighted by atomic mass is 9.69. The van der Waals surface area contributed by atoms with Gasteiger partial charge in [0.05, 0.1) is 18.8 Å². The van der Waals surface area contributed by atoms with Gasteiger partial charge in [0.1, 0.15) is 0 Å². The fourth-order valence-corrected chi connectivity index (χ4v) is 5.30. The first kappa shape index (κ1) is 23.1. The molecule has 0 amide bonds. The van der Waals surface area contributed by atoms with Crippen molar-refractivity contribution in [3.8, 4) is 0 Å². The van der Waals surface area contributed by atoms with Crippen molar-refractivity contribution in [2.45, 2.75) is 109 Å². The second-order valence-electron chi connectivity index (χ2n) is 9.80. The molecule has 2 saturated carbocycles. The number of rotatable bonds is 7. The topological polar surface area (TPSA) is 47.9 Å². The Kier molecular flexibility index (Phi) is 9.05. The summed E-state index contributed by atoms with van der Waals surface area (Å²) < 4.78 is 16.7. The van der Waals surface area contributed by atoms with Crippen LogP contribution in [-0.2, 0) is 14.2 Å². The standard InChI is InChI=1S/C18H32O3.C5H12O/c1-16(2,19)7-3-5-15-6-10-17(13-15)8-4-9-18(14-17)20-11-12-21-18;1-3-4-5-6-2/h15,19H,3-14H2,1-2H3;3-5H2,1-2H3/t15-,17-;/m1./s1. The van der Waals surface area contributed by atoms with E-state index >= 15 is 0 Å². The fourth-order valence-electron chi connectivity index (χ4n) is 5.30. The number of hydrogen-bond acceptors (Lipinski definition) is 4. The smallest absolute Gasteiger partial charge is 0.169 e. The van der Waals surface area contributed by atoms with Gasteiger partial charge >= 0.3 is 0 Å². The normalized spacial score (nSPS) is 29.9. The molecule has 0 bridgehead atoms. The molecule has 0 radical (unpaired) electrons. The molecular weight excluding hydrogens is 340 g/mol. The van der Waals surface area contributed by atoms with Crippen LogP contribution in [0.5, 0.6) is 0 Å². The molecule has 3 aliphatic rings. The lowest BCUT2D eigenvalue weighted by Gasteiger charge is -2.43. The quantitative estimate of drug-likeness (QED) is 0.592. The molecule has 160 valence electrons. The number of hydrogen-bond donors (Lipinski definition) is 1. The van der Waals surface area contributed by atoms with Crippen molar-refractivity contribution in [1.29, 1.82) is 0 Å². The largest absolute Gasteiger partial charge is 0.390 e. The molecule has 3 fully saturated rings. The molecule has 1 aliphatic heterocycles. The van der Waals surface area contributed by atoms with Crippen LogP contribution in [0, 0.1) is 11.3 Å². The van der Waals surface area contributed by atoms with Crippen molar-refractivity contribution in [1.82, 2.24) is 0 Å². The summed E-state index contributed by atoms with van der Waals surface area (Å²) in [4.78, 5) is 0. The van der Waals surface area contributed by atoms with Crippen LogP contribution in [0.15, 0.2) is 0 Å². The molecule has 2 aliphatic carbocycles. The highest BCUT2D eigenvalue weighted by Crippen LogP contribution is 2.56. The number of ether oxygens (including phenoxy) is 3. The maximum atomic E-state index is 9.84. The van der Waals surface area contributed by atoms with Crippen LogP contribution in [0.2, 0.25) is 0 Å². The van der Waals surface area contributed by atoms with Crippen molar-refractivity contribution >= 4 is 0 Å². The minimum Gasteiger partial charge on any atom is -0.390 e. The Hall–Kier alpha value is -0.160. The van der Waals surface area contributed by atoms with Crippen LogP contribution in [0.3, 0.4) is 0 Å². The Bertz CT molecular complexity index is 407. The van der Waals surface area contributed by atoms with Crippen LogP contribution in [-0.4, -0.2) is 43.4 Å². The van der Waals surface area contributed by atoms with Crippen LogP contribution in [0.25, 0.3) is 0 Å². The van der Waals surface area contributed by atoms with Crippen LogP contribution < -0.4 is 0 Å². The fraction of sp³-hybridized carbons (Fsp3) is 1.00. The molecule has 0 aromatic rings. The molecule has 0 aromatic heterocycles. The maximum absolute atomic E-state index is 9.84. The third kappa shape index (κ3) is 7.64. The first-order chi connectivity index (χ1) is 12.8. The van der Waals surface area contributed by atoms with E-state index in [1.807, 2.05) is 13.8 Å². The summed E-state index contributed by atoms with van der Waals surface area (Å²) in [7, 11) is 1.73. The molecule has 0 unspecified atom stereocenters. The van der Waals surface area contributed by atoms with Gasteiger partial charge in [0.2, 0.25) is 0 Å². The summed E-state index contributed by atoms with van der Waals surface area (Å²) in [5, 5.41) is 9.84. The number of unbranched alkanes of at least 4 members (excludes halogenated alkanes) is 1. The van der Waals surface area contributed by atoms with Gasteiger partial charge in [-0.2, -0.15) is 0 Å². The number of methoxy groups -OCH3 is 1. The zero-order valence-corrected chi connectivity index (χ0v) is 18.4. The van der Waals surface area contributed by atoms with Crippen molar-refractivity contribution in [3.05, 3.63) is 0 Å². The highest BCUT2D eigenvalue weighted by atomic mass is 16.7. The predicted octanol–water partition coefficient (Wildman–Crippen LogP) is 5.46. The highest BCUT2D eigenvalue weighted by Gasteiger charge is 2.50. The molecule has 3 rings (SSSR count). The van der Waals surface area contributed by atoms with E-state index in [9.17, 15) is 5.11 Å². The third-order valence-corrected chi connectivity index (χ3v) is 6.63. The lowest BCUT2D eigenvalue weighted by Crippen LogP contribution is -2.41. The third-order valence-electron chi connectivity index (χ3n) is 6.63. The Labute approximate surface area is 167 Å². The first-order valence-electron chi connectivity index (χ1n) is 11.3. The summed E-state index contributed by atoms with van der Waals surface area (Å²) >= 11 is 0. The summed E-state index contributed by atoms with van der Waals surface area (Å²) in [6.45, 7) is 8.47. The van der Waals surface area contributed by atoms with E-state index in [0.717, 1.165) is 51.4 Å². The minimum absolute atomic E-state index is 0.222. The summed E-state index contributed by atoms with van der Waals surface area (Å²) in [6.07, 6.45) is 14.7. The van der Waals surface area contributed by atoms with E-state index in [1.165, 1.54) is 51.4 Å². The van der Waals surface area contributed by atoms with Gasteiger partial charge in [0.25, 0.3) is 0 Å². The monoisotopic (exact) mass is 384 g/mol. The van der Waals surface area contributed by atoms with Gasteiger partial charge in [-0.15, -0.1) is 0 Å². The molecule has 4 nitrogen and oxygen atoms in total. The Balaban J connectivity index is 0.000000380. The Morgan fingerprint density at radius 1 is 1.11 bits per heavy atom. The highest BCUT2D eigenvalue weighted by molar-refractivity contribution is 4.97. The number of aliphatic hydroxyl groups is 1. The molecule has 1 heterocycles. The second-order valence-corrected chi connectivity index (χ2v) is 9.80. The van der Waals surface area contributed by atoms with Crippen molar-refractivity contribution in [2.75, 3.05) is 26.9 Å². The molecule has 27 heavy (non-hydrogen) atoms. The first-order valence-corrected chi connectivity index (χ1v) is 11.3. The van der Waals surface area contributed by atoms with E-state index in [1.54, 1.807) is 7.11 Å². The Morgan fingerprint density at radius 2 is 1.85 bits per heavy atom. The maximum Gasteiger partial charge on any atom is 0.169 e. The average Bonchev–Trinajstić information content (AvgIpc) is 3.20. The predicted molar refractivity (Wildman–Crippen MR) is 110 cm³/mol. The van der Waals surface area contributed by atoms with E-state index in [2.05, 4.69) is 6.92 Å². The van der Waals surface area contributed by atoms with E-state index in [0.29, 0.717) is 5.41 Å². The molecule has 1 N–H and O–H groups in total. The van der Waals surface area contributed by atoms with Crippen LogP contribution in [0.1, 0.15) is 97.8 Å². The van der Waals surface area contributed by atoms with E-state index in [-0.39, 0.29) is 5.79 Å². The van der Waals surface area contributed by atoms with E-state index in [4.69, 9.17) is 14.2 Å².